The van der Waals surface area contributed by atoms with E-state index in [1.54, 1.807) is 0 Å². The Labute approximate surface area is 98.5 Å². The average molecular weight is 260 g/mol. The topological polar surface area (TPSA) is 93.1 Å². The maximum absolute atomic E-state index is 10.8. The predicted molar refractivity (Wildman–Crippen MR) is 58.6 cm³/mol. The number of rotatable bonds is 2. The number of hydrogen-bond acceptors (Lipinski definition) is 5. The molecule has 0 radical (unpaired) electrons. The van der Waals surface area contributed by atoms with Crippen LogP contribution in [0.1, 0.15) is 17.4 Å². The average Bonchev–Trinajstić information content (AvgIpc) is 2.50. The Morgan fingerprint density at radius 3 is 2.47 bits per heavy atom. The van der Waals surface area contributed by atoms with Gasteiger partial charge in [0.2, 0.25) is 5.44 Å². The van der Waals surface area contributed by atoms with Crippen LogP contribution >= 0.6 is 0 Å². The molecule has 0 aliphatic carbocycles. The molecular weight excluding hydrogens is 248 g/mol. The molecule has 0 spiro atoms. The van der Waals surface area contributed by atoms with Crippen molar-refractivity contribution in [3.8, 4) is 11.5 Å². The minimum absolute atomic E-state index is 0.0387. The summed E-state index contributed by atoms with van der Waals surface area (Å²) < 4.78 is 41.0. The number of aliphatic hydroxyl groups is 1. The van der Waals surface area contributed by atoms with E-state index in [0.29, 0.717) is 24.7 Å². The molecule has 1 aliphatic heterocycles. The first-order chi connectivity index (χ1) is 7.98. The highest BCUT2D eigenvalue weighted by atomic mass is 32.2. The minimum Gasteiger partial charge on any atom is -0.490 e. The molecule has 0 aromatic heterocycles. The van der Waals surface area contributed by atoms with Crippen molar-refractivity contribution in [1.29, 1.82) is 0 Å². The Hall–Kier alpha value is -1.31. The van der Waals surface area contributed by atoms with E-state index in [4.69, 9.17) is 14.0 Å². The summed E-state index contributed by atoms with van der Waals surface area (Å²) in [6.45, 7) is 0.978. The van der Waals surface area contributed by atoms with Crippen LogP contribution in [-0.2, 0) is 10.1 Å². The summed E-state index contributed by atoms with van der Waals surface area (Å²) in [6.07, 6.45) is 0.727. The van der Waals surface area contributed by atoms with Gasteiger partial charge in [0, 0.05) is 12.0 Å². The number of benzene rings is 1. The Kier molecular flexibility index (Phi) is 3.23. The molecule has 1 aromatic rings. The van der Waals surface area contributed by atoms with Crippen molar-refractivity contribution in [2.75, 3.05) is 13.2 Å². The zero-order valence-corrected chi connectivity index (χ0v) is 9.68. The van der Waals surface area contributed by atoms with Gasteiger partial charge in [-0.25, -0.2) is 0 Å². The highest BCUT2D eigenvalue weighted by molar-refractivity contribution is 7.85. The first-order valence-electron chi connectivity index (χ1n) is 5.02. The van der Waals surface area contributed by atoms with Crippen LogP contribution < -0.4 is 9.47 Å². The lowest BCUT2D eigenvalue weighted by atomic mass is 10.2. The number of aliphatic hydroxyl groups excluding tert-OH is 1. The maximum Gasteiger partial charge on any atom is 0.296 e. The first kappa shape index (κ1) is 12.2. The molecule has 0 saturated carbocycles. The molecule has 17 heavy (non-hydrogen) atoms. The zero-order valence-electron chi connectivity index (χ0n) is 8.87. The molecule has 0 saturated heterocycles. The van der Waals surface area contributed by atoms with E-state index in [-0.39, 0.29) is 5.56 Å². The molecule has 0 bridgehead atoms. The molecule has 2 rings (SSSR count). The SMILES string of the molecule is O=S(=O)(O)C(O)c1ccc2c(c1)OCCCO2. The molecule has 1 aliphatic rings. The molecule has 6 nitrogen and oxygen atoms in total. The maximum atomic E-state index is 10.8. The first-order valence-corrected chi connectivity index (χ1v) is 6.53. The molecule has 7 heteroatoms. The van der Waals surface area contributed by atoms with Gasteiger partial charge in [-0.2, -0.15) is 8.42 Å². The zero-order chi connectivity index (χ0) is 12.5. The molecule has 1 unspecified atom stereocenters. The van der Waals surface area contributed by atoms with Crippen LogP contribution in [0.25, 0.3) is 0 Å². The lowest BCUT2D eigenvalue weighted by Gasteiger charge is -2.11. The third-order valence-corrected chi connectivity index (χ3v) is 3.18. The van der Waals surface area contributed by atoms with Crippen molar-refractivity contribution in [2.24, 2.45) is 0 Å². The molecule has 1 atom stereocenters. The van der Waals surface area contributed by atoms with Gasteiger partial charge in [-0.3, -0.25) is 4.55 Å². The van der Waals surface area contributed by atoms with Gasteiger partial charge in [0.05, 0.1) is 13.2 Å². The van der Waals surface area contributed by atoms with Gasteiger partial charge >= 0.3 is 0 Å². The number of ether oxygens (including phenoxy) is 2. The lowest BCUT2D eigenvalue weighted by molar-refractivity contribution is 0.237. The van der Waals surface area contributed by atoms with E-state index in [0.717, 1.165) is 6.42 Å². The van der Waals surface area contributed by atoms with Crippen LogP contribution in [0.4, 0.5) is 0 Å². The second kappa shape index (κ2) is 4.52. The Balaban J connectivity index is 2.36. The summed E-state index contributed by atoms with van der Waals surface area (Å²) in [5.41, 5.74) is -1.93. The standard InChI is InChI=1S/C10H12O6S/c11-10(17(12,13)14)7-2-3-8-9(6-7)16-5-1-4-15-8/h2-3,6,10-11H,1,4-5H2,(H,12,13,14). The van der Waals surface area contributed by atoms with Crippen molar-refractivity contribution < 1.29 is 27.6 Å². The molecule has 94 valence electrons. The van der Waals surface area contributed by atoms with Crippen molar-refractivity contribution in [3.63, 3.8) is 0 Å². The van der Waals surface area contributed by atoms with Crippen molar-refractivity contribution >= 4 is 10.1 Å². The monoisotopic (exact) mass is 260 g/mol. The van der Waals surface area contributed by atoms with E-state index in [1.165, 1.54) is 18.2 Å². The van der Waals surface area contributed by atoms with Gasteiger partial charge in [0.1, 0.15) is 0 Å². The largest absolute Gasteiger partial charge is 0.490 e. The predicted octanol–water partition coefficient (Wildman–Crippen LogP) is 0.727. The van der Waals surface area contributed by atoms with Crippen LogP contribution in [0.15, 0.2) is 18.2 Å². The normalized spacial score (nSPS) is 17.3. The fourth-order valence-electron chi connectivity index (χ4n) is 1.51. The van der Waals surface area contributed by atoms with E-state index in [2.05, 4.69) is 0 Å². The summed E-state index contributed by atoms with van der Waals surface area (Å²) in [4.78, 5) is 0. The van der Waals surface area contributed by atoms with Crippen LogP contribution in [-0.4, -0.2) is 31.3 Å². The Morgan fingerprint density at radius 1 is 1.18 bits per heavy atom. The molecule has 0 amide bonds. The third-order valence-electron chi connectivity index (χ3n) is 2.34. The molecular formula is C10H12O6S. The second-order valence-electron chi connectivity index (χ2n) is 3.62. The van der Waals surface area contributed by atoms with Crippen LogP contribution in [0.2, 0.25) is 0 Å². The highest BCUT2D eigenvalue weighted by Gasteiger charge is 2.23. The van der Waals surface area contributed by atoms with Crippen LogP contribution in [0, 0.1) is 0 Å². The summed E-state index contributed by atoms with van der Waals surface area (Å²) >= 11 is 0. The summed E-state index contributed by atoms with van der Waals surface area (Å²) in [5, 5.41) is 9.39. The summed E-state index contributed by atoms with van der Waals surface area (Å²) in [7, 11) is -4.53. The fraction of sp³-hybridized carbons (Fsp3) is 0.400. The minimum atomic E-state index is -4.53. The van der Waals surface area contributed by atoms with Crippen molar-refractivity contribution in [1.82, 2.24) is 0 Å². The van der Waals surface area contributed by atoms with Crippen molar-refractivity contribution in [2.45, 2.75) is 11.9 Å². The Bertz CT molecular complexity index is 510. The Morgan fingerprint density at radius 2 is 1.82 bits per heavy atom. The van der Waals surface area contributed by atoms with Crippen molar-refractivity contribution in [3.05, 3.63) is 23.8 Å². The molecule has 1 aromatic carbocycles. The molecule has 1 heterocycles. The van der Waals surface area contributed by atoms with Crippen LogP contribution in [0.5, 0.6) is 11.5 Å². The van der Waals surface area contributed by atoms with Crippen LogP contribution in [0.3, 0.4) is 0 Å². The van der Waals surface area contributed by atoms with Gasteiger partial charge in [-0.05, 0) is 12.1 Å². The number of hydrogen-bond donors (Lipinski definition) is 2. The van der Waals surface area contributed by atoms with E-state index >= 15 is 0 Å². The van der Waals surface area contributed by atoms with E-state index in [1.807, 2.05) is 0 Å². The van der Waals surface area contributed by atoms with Gasteiger partial charge in [-0.1, -0.05) is 6.07 Å². The molecule has 2 N–H and O–H groups in total. The van der Waals surface area contributed by atoms with Gasteiger partial charge in [-0.15, -0.1) is 0 Å². The van der Waals surface area contributed by atoms with Gasteiger partial charge in [0.15, 0.2) is 11.5 Å². The quantitative estimate of drug-likeness (QED) is 0.761. The third kappa shape index (κ3) is 2.68. The van der Waals surface area contributed by atoms with Gasteiger partial charge < -0.3 is 14.6 Å². The summed E-state index contributed by atoms with van der Waals surface area (Å²) in [6, 6.07) is 4.22. The fourth-order valence-corrected chi connectivity index (χ4v) is 2.00. The second-order valence-corrected chi connectivity index (χ2v) is 5.10. The highest BCUT2D eigenvalue weighted by Crippen LogP contribution is 2.33. The van der Waals surface area contributed by atoms with E-state index in [9.17, 15) is 13.5 Å². The molecule has 0 fully saturated rings. The van der Waals surface area contributed by atoms with Gasteiger partial charge in [0.25, 0.3) is 10.1 Å². The number of fused-ring (bicyclic) bond motifs is 1. The smallest absolute Gasteiger partial charge is 0.296 e. The van der Waals surface area contributed by atoms with E-state index < -0.39 is 15.6 Å². The summed E-state index contributed by atoms with van der Waals surface area (Å²) in [5.74, 6) is 0.858. The lowest BCUT2D eigenvalue weighted by Crippen LogP contribution is -2.11.